The highest BCUT2D eigenvalue weighted by Gasteiger charge is 2.24. The predicted molar refractivity (Wildman–Crippen MR) is 90.9 cm³/mol. The predicted octanol–water partition coefficient (Wildman–Crippen LogP) is 3.19. The molecule has 7 heteroatoms. The highest BCUT2D eigenvalue weighted by molar-refractivity contribution is 6.33. The smallest absolute Gasteiger partial charge is 0.321 e. The maximum atomic E-state index is 12.4. The average Bonchev–Trinajstić information content (AvgIpc) is 2.50. The molecule has 2 N–H and O–H groups in total. The minimum absolute atomic E-state index is 0.178. The van der Waals surface area contributed by atoms with Crippen molar-refractivity contribution in [3.63, 3.8) is 0 Å². The minimum Gasteiger partial charge on any atom is -0.384 e. The molecule has 0 bridgehead atoms. The standard InChI is InChI=1S/C16H22ClN3O3/c1-11(21)18-13-5-6-14(17)15(8-13)19-16(22)20-7-3-4-12(9-20)10-23-2/h5-6,8,12H,3-4,7,9-10H2,1-2H3,(H,18,21)(H,19,22). The number of benzene rings is 1. The molecule has 1 aliphatic rings. The van der Waals surface area contributed by atoms with Crippen molar-refractivity contribution in [3.8, 4) is 0 Å². The molecule has 6 nitrogen and oxygen atoms in total. The molecule has 1 fully saturated rings. The van der Waals surface area contributed by atoms with Gasteiger partial charge in [-0.25, -0.2) is 4.79 Å². The first-order valence-electron chi connectivity index (χ1n) is 7.61. The third kappa shape index (κ3) is 5.11. The molecular weight excluding hydrogens is 318 g/mol. The first-order valence-corrected chi connectivity index (χ1v) is 7.99. The van der Waals surface area contributed by atoms with Crippen molar-refractivity contribution < 1.29 is 14.3 Å². The van der Waals surface area contributed by atoms with Crippen LogP contribution in [0.3, 0.4) is 0 Å². The number of carbonyl (C=O) groups is 2. The van der Waals surface area contributed by atoms with Gasteiger partial charge in [-0.3, -0.25) is 4.79 Å². The number of likely N-dealkylation sites (tertiary alicyclic amines) is 1. The van der Waals surface area contributed by atoms with Crippen LogP contribution in [-0.4, -0.2) is 43.6 Å². The second kappa shape index (κ2) is 8.17. The fourth-order valence-electron chi connectivity index (χ4n) is 2.72. The van der Waals surface area contributed by atoms with Gasteiger partial charge in [0.15, 0.2) is 0 Å². The van der Waals surface area contributed by atoms with Gasteiger partial charge in [-0.05, 0) is 31.0 Å². The number of carbonyl (C=O) groups excluding carboxylic acids is 2. The third-order valence-electron chi connectivity index (χ3n) is 3.74. The van der Waals surface area contributed by atoms with Crippen molar-refractivity contribution in [2.75, 3.05) is 37.4 Å². The van der Waals surface area contributed by atoms with Gasteiger partial charge in [0.1, 0.15) is 0 Å². The van der Waals surface area contributed by atoms with E-state index in [1.54, 1.807) is 30.2 Å². The van der Waals surface area contributed by atoms with E-state index in [4.69, 9.17) is 16.3 Å². The Bertz CT molecular complexity index is 578. The van der Waals surface area contributed by atoms with Gasteiger partial charge in [-0.15, -0.1) is 0 Å². The Morgan fingerprint density at radius 3 is 2.87 bits per heavy atom. The highest BCUT2D eigenvalue weighted by Crippen LogP contribution is 2.26. The number of hydrogen-bond acceptors (Lipinski definition) is 3. The van der Waals surface area contributed by atoms with Crippen LogP contribution in [-0.2, 0) is 9.53 Å². The number of nitrogens with zero attached hydrogens (tertiary/aromatic N) is 1. The molecule has 1 saturated heterocycles. The molecule has 1 atom stereocenters. The lowest BCUT2D eigenvalue weighted by Crippen LogP contribution is -2.43. The monoisotopic (exact) mass is 339 g/mol. The van der Waals surface area contributed by atoms with Gasteiger partial charge in [-0.1, -0.05) is 11.6 Å². The molecule has 0 saturated carbocycles. The summed E-state index contributed by atoms with van der Waals surface area (Å²) in [5, 5.41) is 5.92. The van der Waals surface area contributed by atoms with Gasteiger partial charge in [-0.2, -0.15) is 0 Å². The number of hydrogen-bond donors (Lipinski definition) is 2. The van der Waals surface area contributed by atoms with Gasteiger partial charge in [0.05, 0.1) is 17.3 Å². The van der Waals surface area contributed by atoms with E-state index in [2.05, 4.69) is 10.6 Å². The van der Waals surface area contributed by atoms with Gasteiger partial charge < -0.3 is 20.3 Å². The molecule has 0 radical (unpaired) electrons. The minimum atomic E-state index is -0.187. The first-order chi connectivity index (χ1) is 11.0. The number of methoxy groups -OCH3 is 1. The lowest BCUT2D eigenvalue weighted by atomic mass is 9.99. The molecule has 1 aromatic carbocycles. The number of halogens is 1. The van der Waals surface area contributed by atoms with E-state index in [-0.39, 0.29) is 11.9 Å². The molecule has 2 rings (SSSR count). The summed E-state index contributed by atoms with van der Waals surface area (Å²) in [5.74, 6) is 0.184. The Morgan fingerprint density at radius 2 is 2.17 bits per heavy atom. The maximum Gasteiger partial charge on any atom is 0.321 e. The van der Waals surface area contributed by atoms with Crippen LogP contribution in [0.5, 0.6) is 0 Å². The number of ether oxygens (including phenoxy) is 1. The van der Waals surface area contributed by atoms with E-state index < -0.39 is 0 Å². The van der Waals surface area contributed by atoms with Crippen molar-refractivity contribution in [2.45, 2.75) is 19.8 Å². The Hall–Kier alpha value is -1.79. The Labute approximate surface area is 141 Å². The summed E-state index contributed by atoms with van der Waals surface area (Å²) >= 11 is 6.13. The van der Waals surface area contributed by atoms with Gasteiger partial charge in [0.25, 0.3) is 0 Å². The first kappa shape index (κ1) is 17.6. The molecule has 0 aromatic heterocycles. The van der Waals surface area contributed by atoms with E-state index in [0.29, 0.717) is 35.5 Å². The van der Waals surface area contributed by atoms with Crippen LogP contribution in [0.2, 0.25) is 5.02 Å². The normalized spacial score (nSPS) is 17.7. The molecular formula is C16H22ClN3O3. The second-order valence-electron chi connectivity index (χ2n) is 5.72. The van der Waals surface area contributed by atoms with Crippen molar-refractivity contribution in [1.82, 2.24) is 4.90 Å². The quantitative estimate of drug-likeness (QED) is 0.885. The summed E-state index contributed by atoms with van der Waals surface area (Å²) in [4.78, 5) is 25.3. The Morgan fingerprint density at radius 1 is 1.39 bits per heavy atom. The van der Waals surface area contributed by atoms with Gasteiger partial charge in [0, 0.05) is 38.7 Å². The SMILES string of the molecule is COCC1CCCN(C(=O)Nc2cc(NC(C)=O)ccc2Cl)C1. The largest absolute Gasteiger partial charge is 0.384 e. The van der Waals surface area contributed by atoms with Crippen molar-refractivity contribution in [1.29, 1.82) is 0 Å². The van der Waals surface area contributed by atoms with E-state index in [1.807, 2.05) is 0 Å². The van der Waals surface area contributed by atoms with Crippen LogP contribution >= 0.6 is 11.6 Å². The lowest BCUT2D eigenvalue weighted by molar-refractivity contribution is -0.114. The van der Waals surface area contributed by atoms with Crippen LogP contribution in [0.1, 0.15) is 19.8 Å². The second-order valence-corrected chi connectivity index (χ2v) is 6.12. The van der Waals surface area contributed by atoms with Crippen molar-refractivity contribution in [3.05, 3.63) is 23.2 Å². The summed E-state index contributed by atoms with van der Waals surface area (Å²) in [6.07, 6.45) is 2.03. The Kier molecular flexibility index (Phi) is 6.24. The van der Waals surface area contributed by atoms with Gasteiger partial charge in [0.2, 0.25) is 5.91 Å². The zero-order valence-corrected chi connectivity index (χ0v) is 14.2. The lowest BCUT2D eigenvalue weighted by Gasteiger charge is -2.32. The molecule has 1 aromatic rings. The molecule has 1 aliphatic heterocycles. The van der Waals surface area contributed by atoms with Crippen LogP contribution in [0.15, 0.2) is 18.2 Å². The summed E-state index contributed by atoms with van der Waals surface area (Å²) in [7, 11) is 1.67. The number of anilines is 2. The van der Waals surface area contributed by atoms with Crippen LogP contribution in [0, 0.1) is 5.92 Å². The van der Waals surface area contributed by atoms with E-state index in [1.165, 1.54) is 6.92 Å². The summed E-state index contributed by atoms with van der Waals surface area (Å²) < 4.78 is 5.18. The topological polar surface area (TPSA) is 70.7 Å². The molecule has 0 spiro atoms. The number of amides is 3. The molecule has 3 amide bonds. The molecule has 126 valence electrons. The molecule has 0 aliphatic carbocycles. The average molecular weight is 340 g/mol. The number of urea groups is 1. The zero-order chi connectivity index (χ0) is 16.8. The fraction of sp³-hybridized carbons (Fsp3) is 0.500. The molecule has 23 heavy (non-hydrogen) atoms. The van der Waals surface area contributed by atoms with Crippen molar-refractivity contribution >= 4 is 34.9 Å². The highest BCUT2D eigenvalue weighted by atomic mass is 35.5. The summed E-state index contributed by atoms with van der Waals surface area (Å²) in [6.45, 7) is 3.47. The van der Waals surface area contributed by atoms with Gasteiger partial charge >= 0.3 is 6.03 Å². The van der Waals surface area contributed by atoms with Crippen LogP contribution in [0.4, 0.5) is 16.2 Å². The number of nitrogens with one attached hydrogen (secondary N) is 2. The third-order valence-corrected chi connectivity index (χ3v) is 4.07. The summed E-state index contributed by atoms with van der Waals surface area (Å²) in [6, 6.07) is 4.80. The van der Waals surface area contributed by atoms with Crippen molar-refractivity contribution in [2.24, 2.45) is 5.92 Å². The van der Waals surface area contributed by atoms with E-state index in [9.17, 15) is 9.59 Å². The number of rotatable bonds is 4. The Balaban J connectivity index is 2.03. The molecule has 1 heterocycles. The molecule has 1 unspecified atom stereocenters. The number of piperidine rings is 1. The van der Waals surface area contributed by atoms with E-state index >= 15 is 0 Å². The van der Waals surface area contributed by atoms with Crippen LogP contribution < -0.4 is 10.6 Å². The fourth-order valence-corrected chi connectivity index (χ4v) is 2.88. The maximum absolute atomic E-state index is 12.4. The zero-order valence-electron chi connectivity index (χ0n) is 13.4. The summed E-state index contributed by atoms with van der Waals surface area (Å²) in [5.41, 5.74) is 1.07. The van der Waals surface area contributed by atoms with Crippen LogP contribution in [0.25, 0.3) is 0 Å². The van der Waals surface area contributed by atoms with E-state index in [0.717, 1.165) is 19.4 Å².